The molecule has 1 saturated heterocycles. The van der Waals surface area contributed by atoms with Crippen molar-refractivity contribution in [3.05, 3.63) is 16.1 Å². The van der Waals surface area contributed by atoms with Crippen molar-refractivity contribution in [3.8, 4) is 0 Å². The van der Waals surface area contributed by atoms with Crippen LogP contribution in [0.1, 0.15) is 61.4 Å². The number of rotatable bonds is 5. The van der Waals surface area contributed by atoms with Crippen LogP contribution in [0.15, 0.2) is 5.38 Å². The number of hydrogen-bond donors (Lipinski definition) is 1. The first-order valence-electron chi connectivity index (χ1n) is 8.07. The minimum Gasteiger partial charge on any atom is -0.334 e. The van der Waals surface area contributed by atoms with Crippen molar-refractivity contribution in [2.45, 2.75) is 58.4 Å². The zero-order valence-electron chi connectivity index (χ0n) is 13.2. The van der Waals surface area contributed by atoms with Gasteiger partial charge in [0.05, 0.1) is 5.01 Å². The maximum absolute atomic E-state index is 12.8. The minimum atomic E-state index is 0.113. The number of thiazole rings is 1. The number of carbonyl (C=O) groups excluding carboxylic acids is 1. The first-order chi connectivity index (χ1) is 10.1. The Labute approximate surface area is 131 Å². The smallest absolute Gasteiger partial charge is 0.273 e. The summed E-state index contributed by atoms with van der Waals surface area (Å²) in [4.78, 5) is 19.3. The second-order valence-electron chi connectivity index (χ2n) is 6.30. The Morgan fingerprint density at radius 3 is 3.00 bits per heavy atom. The summed E-state index contributed by atoms with van der Waals surface area (Å²) in [5.74, 6) is 0.730. The molecule has 1 unspecified atom stereocenters. The summed E-state index contributed by atoms with van der Waals surface area (Å²) in [6, 6.07) is 0.375. The Balaban J connectivity index is 2.11. The van der Waals surface area contributed by atoms with E-state index in [2.05, 4.69) is 23.7 Å². The summed E-state index contributed by atoms with van der Waals surface area (Å²) < 4.78 is 0. The van der Waals surface area contributed by atoms with E-state index in [9.17, 15) is 4.79 Å². The lowest BCUT2D eigenvalue weighted by molar-refractivity contribution is 0.0655. The summed E-state index contributed by atoms with van der Waals surface area (Å²) >= 11 is 1.55. The Morgan fingerprint density at radius 1 is 1.48 bits per heavy atom. The molecule has 1 atom stereocenters. The third-order valence-electron chi connectivity index (χ3n) is 4.01. The predicted molar refractivity (Wildman–Crippen MR) is 87.6 cm³/mol. The van der Waals surface area contributed by atoms with Gasteiger partial charge >= 0.3 is 0 Å². The number of likely N-dealkylation sites (tertiary alicyclic amines) is 1. The Bertz CT molecular complexity index is 458. The van der Waals surface area contributed by atoms with Gasteiger partial charge in [0.15, 0.2) is 0 Å². The van der Waals surface area contributed by atoms with Crippen molar-refractivity contribution in [2.24, 2.45) is 11.7 Å². The number of nitrogens with two attached hydrogens (primary N) is 1. The van der Waals surface area contributed by atoms with Crippen LogP contribution in [-0.2, 0) is 6.42 Å². The fourth-order valence-corrected chi connectivity index (χ4v) is 3.82. The van der Waals surface area contributed by atoms with Crippen LogP contribution < -0.4 is 5.73 Å². The lowest BCUT2D eigenvalue weighted by atomic mass is 9.98. The second kappa shape index (κ2) is 7.90. The van der Waals surface area contributed by atoms with Crippen LogP contribution in [0.25, 0.3) is 0 Å². The van der Waals surface area contributed by atoms with Crippen molar-refractivity contribution in [1.82, 2.24) is 9.88 Å². The maximum atomic E-state index is 12.8. The molecule has 1 amide bonds. The van der Waals surface area contributed by atoms with Crippen molar-refractivity contribution in [3.63, 3.8) is 0 Å². The highest BCUT2D eigenvalue weighted by molar-refractivity contribution is 7.09. The van der Waals surface area contributed by atoms with Crippen LogP contribution >= 0.6 is 11.3 Å². The van der Waals surface area contributed by atoms with Crippen LogP contribution in [0.5, 0.6) is 0 Å². The molecule has 1 aliphatic rings. The highest BCUT2D eigenvalue weighted by Gasteiger charge is 2.28. The van der Waals surface area contributed by atoms with Crippen LogP contribution in [-0.4, -0.2) is 34.9 Å². The molecule has 118 valence electrons. The molecular formula is C16H27N3OS. The molecule has 0 radical (unpaired) electrons. The largest absolute Gasteiger partial charge is 0.334 e. The van der Waals surface area contributed by atoms with Crippen molar-refractivity contribution < 1.29 is 4.79 Å². The van der Waals surface area contributed by atoms with E-state index < -0.39 is 0 Å². The summed E-state index contributed by atoms with van der Waals surface area (Å²) in [7, 11) is 0. The van der Waals surface area contributed by atoms with E-state index in [4.69, 9.17) is 5.73 Å². The lowest BCUT2D eigenvalue weighted by Crippen LogP contribution is -2.41. The number of hydrogen-bond acceptors (Lipinski definition) is 4. The first-order valence-corrected chi connectivity index (χ1v) is 8.95. The minimum absolute atomic E-state index is 0.113. The van der Waals surface area contributed by atoms with Gasteiger partial charge in [0.1, 0.15) is 5.69 Å². The van der Waals surface area contributed by atoms with E-state index >= 15 is 0 Å². The molecule has 21 heavy (non-hydrogen) atoms. The van der Waals surface area contributed by atoms with E-state index in [-0.39, 0.29) is 5.91 Å². The van der Waals surface area contributed by atoms with E-state index in [1.54, 1.807) is 11.3 Å². The van der Waals surface area contributed by atoms with E-state index in [0.29, 0.717) is 24.2 Å². The Hall–Kier alpha value is -0.940. The zero-order valence-corrected chi connectivity index (χ0v) is 14.0. The normalized spacial score (nSPS) is 19.8. The highest BCUT2D eigenvalue weighted by Crippen LogP contribution is 2.24. The Kier molecular flexibility index (Phi) is 6.18. The van der Waals surface area contributed by atoms with Gasteiger partial charge in [0.25, 0.3) is 5.91 Å². The third kappa shape index (κ3) is 4.51. The number of carbonyl (C=O) groups is 1. The molecule has 2 N–H and O–H groups in total. The molecule has 0 aliphatic carbocycles. The van der Waals surface area contributed by atoms with Gasteiger partial charge in [0.2, 0.25) is 0 Å². The third-order valence-corrected chi connectivity index (χ3v) is 4.92. The Morgan fingerprint density at radius 2 is 2.29 bits per heavy atom. The van der Waals surface area contributed by atoms with E-state index in [1.165, 1.54) is 12.8 Å². The average Bonchev–Trinajstić information content (AvgIpc) is 2.78. The molecule has 4 nitrogen and oxygen atoms in total. The molecule has 1 aromatic rings. The maximum Gasteiger partial charge on any atom is 0.273 e. The molecule has 5 heteroatoms. The van der Waals surface area contributed by atoms with Gasteiger partial charge in [-0.2, -0.15) is 0 Å². The summed E-state index contributed by atoms with van der Waals surface area (Å²) in [5, 5.41) is 2.86. The molecule has 1 aliphatic heterocycles. The quantitative estimate of drug-likeness (QED) is 0.909. The zero-order chi connectivity index (χ0) is 15.2. The number of nitrogens with zero attached hydrogens (tertiary/aromatic N) is 2. The molecule has 0 spiro atoms. The van der Waals surface area contributed by atoms with Gasteiger partial charge in [-0.05, 0) is 31.7 Å². The van der Waals surface area contributed by atoms with Crippen LogP contribution in [0, 0.1) is 5.92 Å². The first kappa shape index (κ1) is 16.4. The molecular weight excluding hydrogens is 282 g/mol. The molecule has 0 saturated carbocycles. The molecule has 0 bridgehead atoms. The average molecular weight is 309 g/mol. The fraction of sp³-hybridized carbons (Fsp3) is 0.750. The molecule has 0 aromatic carbocycles. The van der Waals surface area contributed by atoms with Crippen LogP contribution in [0.4, 0.5) is 0 Å². The SMILES string of the molecule is CC(C)CC1CCCCCN1C(=O)c1csc(CCN)n1. The molecule has 1 aromatic heterocycles. The van der Waals surface area contributed by atoms with Crippen molar-refractivity contribution in [2.75, 3.05) is 13.1 Å². The number of aromatic nitrogens is 1. The van der Waals surface area contributed by atoms with E-state index in [0.717, 1.165) is 37.2 Å². The standard InChI is InChI=1S/C16H27N3OS/c1-12(2)10-13-6-4-3-5-9-19(13)16(20)14-11-21-15(18-14)7-8-17/h11-13H,3-10,17H2,1-2H3. The highest BCUT2D eigenvalue weighted by atomic mass is 32.1. The van der Waals surface area contributed by atoms with Crippen LogP contribution in [0.2, 0.25) is 0 Å². The van der Waals surface area contributed by atoms with Gasteiger partial charge in [0, 0.05) is 24.4 Å². The molecule has 2 heterocycles. The summed E-state index contributed by atoms with van der Waals surface area (Å²) in [6.45, 7) is 5.92. The van der Waals surface area contributed by atoms with Crippen LogP contribution in [0.3, 0.4) is 0 Å². The second-order valence-corrected chi connectivity index (χ2v) is 7.24. The molecule has 1 fully saturated rings. The van der Waals surface area contributed by atoms with Gasteiger partial charge in [-0.25, -0.2) is 4.98 Å². The van der Waals surface area contributed by atoms with Gasteiger partial charge in [-0.15, -0.1) is 11.3 Å². The van der Waals surface area contributed by atoms with Gasteiger partial charge < -0.3 is 10.6 Å². The fourth-order valence-electron chi connectivity index (χ4n) is 3.03. The van der Waals surface area contributed by atoms with Gasteiger partial charge in [-0.3, -0.25) is 4.79 Å². The monoisotopic (exact) mass is 309 g/mol. The topological polar surface area (TPSA) is 59.2 Å². The van der Waals surface area contributed by atoms with Gasteiger partial charge in [-0.1, -0.05) is 26.7 Å². The number of amides is 1. The summed E-state index contributed by atoms with van der Waals surface area (Å²) in [5.41, 5.74) is 6.17. The molecule has 2 rings (SSSR count). The lowest BCUT2D eigenvalue weighted by Gasteiger charge is -2.30. The van der Waals surface area contributed by atoms with Crippen molar-refractivity contribution in [1.29, 1.82) is 0 Å². The van der Waals surface area contributed by atoms with E-state index in [1.807, 2.05) is 5.38 Å². The summed E-state index contributed by atoms with van der Waals surface area (Å²) in [6.07, 6.45) is 6.55. The predicted octanol–water partition coefficient (Wildman–Crippen LogP) is 3.08. The van der Waals surface area contributed by atoms with Crippen molar-refractivity contribution >= 4 is 17.2 Å².